The van der Waals surface area contributed by atoms with Gasteiger partial charge < -0.3 is 5.11 Å². The van der Waals surface area contributed by atoms with Gasteiger partial charge in [-0.3, -0.25) is 14.6 Å². The molecule has 80 valence electrons. The number of carboxylic acids is 1. The highest BCUT2D eigenvalue weighted by atomic mass is 16.4. The lowest BCUT2D eigenvalue weighted by Gasteiger charge is -2.15. The molecule has 0 saturated carbocycles. The van der Waals surface area contributed by atoms with E-state index in [9.17, 15) is 9.59 Å². The van der Waals surface area contributed by atoms with Crippen LogP contribution in [0.2, 0.25) is 0 Å². The number of aliphatic carboxylic acids is 1. The number of allylic oxidation sites excluding steroid dienone is 1. The average Bonchev–Trinajstić information content (AvgIpc) is 2.29. The molecule has 1 atom stereocenters. The molecule has 0 saturated heterocycles. The van der Waals surface area contributed by atoms with Crippen LogP contribution in [0, 0.1) is 5.92 Å². The van der Waals surface area contributed by atoms with Crippen LogP contribution in [0.1, 0.15) is 5.56 Å². The van der Waals surface area contributed by atoms with E-state index in [4.69, 9.17) is 5.11 Å². The highest BCUT2D eigenvalue weighted by Gasteiger charge is 2.32. The van der Waals surface area contributed by atoms with Crippen LogP contribution in [0.3, 0.4) is 0 Å². The second-order valence-corrected chi connectivity index (χ2v) is 3.37. The molecule has 0 fully saturated rings. The van der Waals surface area contributed by atoms with E-state index in [2.05, 4.69) is 4.99 Å². The van der Waals surface area contributed by atoms with E-state index in [1.807, 2.05) is 6.07 Å². The molecule has 0 aromatic heterocycles. The van der Waals surface area contributed by atoms with Gasteiger partial charge in [-0.25, -0.2) is 0 Å². The first kappa shape index (κ1) is 10.3. The molecule has 1 N–H and O–H groups in total. The van der Waals surface area contributed by atoms with Crippen molar-refractivity contribution in [2.75, 3.05) is 0 Å². The summed E-state index contributed by atoms with van der Waals surface area (Å²) in [7, 11) is 0. The Morgan fingerprint density at radius 1 is 1.25 bits per heavy atom. The van der Waals surface area contributed by atoms with E-state index in [0.29, 0.717) is 11.3 Å². The number of carboxylic acid groups (broad SMARTS) is 1. The van der Waals surface area contributed by atoms with E-state index >= 15 is 0 Å². The van der Waals surface area contributed by atoms with Gasteiger partial charge in [-0.2, -0.15) is 0 Å². The topological polar surface area (TPSA) is 66.7 Å². The maximum Gasteiger partial charge on any atom is 0.320 e. The van der Waals surface area contributed by atoms with Crippen molar-refractivity contribution in [3.63, 3.8) is 0 Å². The SMILES string of the molecule is O=C(O)C1C(=O)C=CN=C1c1ccccc1. The smallest absolute Gasteiger partial charge is 0.320 e. The molecule has 1 aliphatic heterocycles. The maximum atomic E-state index is 11.5. The van der Waals surface area contributed by atoms with Crippen LogP contribution in [0.15, 0.2) is 47.6 Å². The minimum absolute atomic E-state index is 0.292. The van der Waals surface area contributed by atoms with Gasteiger partial charge in [-0.15, -0.1) is 0 Å². The number of hydrogen-bond donors (Lipinski definition) is 1. The molecule has 16 heavy (non-hydrogen) atoms. The second-order valence-electron chi connectivity index (χ2n) is 3.37. The third kappa shape index (κ3) is 1.77. The molecule has 1 aliphatic rings. The first-order valence-corrected chi connectivity index (χ1v) is 4.76. The molecule has 0 spiro atoms. The minimum Gasteiger partial charge on any atom is -0.480 e. The van der Waals surface area contributed by atoms with Crippen molar-refractivity contribution in [1.29, 1.82) is 0 Å². The van der Waals surface area contributed by atoms with Gasteiger partial charge in [0.15, 0.2) is 11.7 Å². The van der Waals surface area contributed by atoms with Crippen molar-refractivity contribution < 1.29 is 14.7 Å². The summed E-state index contributed by atoms with van der Waals surface area (Å²) in [5, 5.41) is 9.00. The van der Waals surface area contributed by atoms with Gasteiger partial charge in [0, 0.05) is 12.3 Å². The molecule has 1 heterocycles. The summed E-state index contributed by atoms with van der Waals surface area (Å²) in [4.78, 5) is 26.5. The minimum atomic E-state index is -1.19. The monoisotopic (exact) mass is 215 g/mol. The highest BCUT2D eigenvalue weighted by Crippen LogP contribution is 2.16. The Balaban J connectivity index is 2.46. The lowest BCUT2D eigenvalue weighted by molar-refractivity contribution is -0.142. The van der Waals surface area contributed by atoms with Gasteiger partial charge in [0.25, 0.3) is 0 Å². The fraction of sp³-hybridized carbons (Fsp3) is 0.0833. The summed E-state index contributed by atoms with van der Waals surface area (Å²) >= 11 is 0. The lowest BCUT2D eigenvalue weighted by atomic mass is 9.91. The summed E-state index contributed by atoms with van der Waals surface area (Å²) in [6.45, 7) is 0. The van der Waals surface area contributed by atoms with Crippen molar-refractivity contribution in [1.82, 2.24) is 0 Å². The second kappa shape index (κ2) is 4.10. The molecule has 0 bridgehead atoms. The number of benzene rings is 1. The molecule has 1 aromatic carbocycles. The zero-order chi connectivity index (χ0) is 11.5. The summed E-state index contributed by atoms with van der Waals surface area (Å²) < 4.78 is 0. The van der Waals surface area contributed by atoms with Gasteiger partial charge in [0.05, 0.1) is 5.71 Å². The third-order valence-corrected chi connectivity index (χ3v) is 2.33. The summed E-state index contributed by atoms with van der Waals surface area (Å²) in [5.41, 5.74) is 0.952. The predicted molar refractivity (Wildman–Crippen MR) is 58.3 cm³/mol. The Bertz CT molecular complexity index is 488. The summed E-state index contributed by atoms with van der Waals surface area (Å²) in [5.74, 6) is -2.80. The standard InChI is InChI=1S/C12H9NO3/c14-9-6-7-13-11(10(9)12(15)16)8-4-2-1-3-5-8/h1-7,10H,(H,15,16). The van der Waals surface area contributed by atoms with Crippen molar-refractivity contribution in [3.05, 3.63) is 48.2 Å². The number of ketones is 1. The van der Waals surface area contributed by atoms with E-state index in [-0.39, 0.29) is 0 Å². The van der Waals surface area contributed by atoms with Gasteiger partial charge in [-0.1, -0.05) is 30.3 Å². The molecular weight excluding hydrogens is 206 g/mol. The Kier molecular flexibility index (Phi) is 2.64. The first-order valence-electron chi connectivity index (χ1n) is 4.76. The Morgan fingerprint density at radius 3 is 2.56 bits per heavy atom. The molecule has 0 radical (unpaired) electrons. The maximum absolute atomic E-state index is 11.5. The Hall–Kier alpha value is -2.23. The number of aliphatic imine (C=N–C) groups is 1. The Morgan fingerprint density at radius 2 is 1.94 bits per heavy atom. The third-order valence-electron chi connectivity index (χ3n) is 2.33. The van der Waals surface area contributed by atoms with E-state index in [0.717, 1.165) is 0 Å². The number of hydrogen-bond acceptors (Lipinski definition) is 3. The van der Waals surface area contributed by atoms with Gasteiger partial charge >= 0.3 is 5.97 Å². The van der Waals surface area contributed by atoms with Crippen molar-refractivity contribution in [2.24, 2.45) is 10.9 Å². The van der Waals surface area contributed by atoms with Gasteiger partial charge in [-0.05, 0) is 5.56 Å². The number of carbonyl (C=O) groups is 2. The molecule has 4 heteroatoms. The van der Waals surface area contributed by atoms with Gasteiger partial charge in [0.2, 0.25) is 0 Å². The Labute approximate surface area is 91.9 Å². The van der Waals surface area contributed by atoms with Crippen LogP contribution in [0.5, 0.6) is 0 Å². The lowest BCUT2D eigenvalue weighted by Crippen LogP contribution is -2.32. The quantitative estimate of drug-likeness (QED) is 0.755. The zero-order valence-corrected chi connectivity index (χ0v) is 8.33. The van der Waals surface area contributed by atoms with Crippen LogP contribution in [0.25, 0.3) is 0 Å². The largest absolute Gasteiger partial charge is 0.480 e. The number of nitrogens with zero attached hydrogens (tertiary/aromatic N) is 1. The summed E-state index contributed by atoms with van der Waals surface area (Å²) in [6, 6.07) is 8.85. The molecular formula is C12H9NO3. The number of rotatable bonds is 2. The molecule has 2 rings (SSSR count). The number of carbonyl (C=O) groups excluding carboxylic acids is 1. The van der Waals surface area contributed by atoms with Crippen LogP contribution < -0.4 is 0 Å². The first-order chi connectivity index (χ1) is 7.70. The summed E-state index contributed by atoms with van der Waals surface area (Å²) in [6.07, 6.45) is 2.52. The normalized spacial score (nSPS) is 19.4. The van der Waals surface area contributed by atoms with Crippen molar-refractivity contribution in [3.8, 4) is 0 Å². The van der Waals surface area contributed by atoms with Crippen molar-refractivity contribution >= 4 is 17.5 Å². The van der Waals surface area contributed by atoms with Crippen LogP contribution >= 0.6 is 0 Å². The fourth-order valence-electron chi connectivity index (χ4n) is 1.59. The molecule has 4 nitrogen and oxygen atoms in total. The average molecular weight is 215 g/mol. The van der Waals surface area contributed by atoms with Crippen LogP contribution in [0.4, 0.5) is 0 Å². The van der Waals surface area contributed by atoms with Crippen LogP contribution in [-0.2, 0) is 9.59 Å². The molecule has 1 unspecified atom stereocenters. The predicted octanol–water partition coefficient (Wildman–Crippen LogP) is 1.27. The zero-order valence-electron chi connectivity index (χ0n) is 8.33. The van der Waals surface area contributed by atoms with Crippen LogP contribution in [-0.4, -0.2) is 22.6 Å². The van der Waals surface area contributed by atoms with Gasteiger partial charge in [0.1, 0.15) is 0 Å². The van der Waals surface area contributed by atoms with Crippen molar-refractivity contribution in [2.45, 2.75) is 0 Å². The fourth-order valence-corrected chi connectivity index (χ4v) is 1.59. The molecule has 0 aliphatic carbocycles. The molecule has 1 aromatic rings. The highest BCUT2D eigenvalue weighted by molar-refractivity contribution is 6.27. The van der Waals surface area contributed by atoms with E-state index < -0.39 is 17.7 Å². The van der Waals surface area contributed by atoms with E-state index in [1.165, 1.54) is 12.3 Å². The molecule has 0 amide bonds. The van der Waals surface area contributed by atoms with E-state index in [1.54, 1.807) is 24.3 Å².